The maximum absolute atomic E-state index is 12.2. The lowest BCUT2D eigenvalue weighted by Gasteiger charge is -2.08. The van der Waals surface area contributed by atoms with Crippen molar-refractivity contribution < 1.29 is 13.9 Å². The van der Waals surface area contributed by atoms with E-state index >= 15 is 0 Å². The molecule has 0 unspecified atom stereocenters. The smallest absolute Gasteiger partial charge is 0.344 e. The summed E-state index contributed by atoms with van der Waals surface area (Å²) in [6.07, 6.45) is 0. The number of benzene rings is 2. The molecule has 4 nitrogen and oxygen atoms in total. The van der Waals surface area contributed by atoms with Gasteiger partial charge in [0.15, 0.2) is 5.76 Å². The van der Waals surface area contributed by atoms with Crippen LogP contribution in [0.5, 0.6) is 0 Å². The summed E-state index contributed by atoms with van der Waals surface area (Å²) < 4.78 is 11.0. The zero-order chi connectivity index (χ0) is 15.7. The molecule has 0 saturated heterocycles. The molecule has 0 fully saturated rings. The van der Waals surface area contributed by atoms with Crippen molar-refractivity contribution in [2.45, 2.75) is 0 Å². The minimum absolute atomic E-state index is 0.400. The van der Waals surface area contributed by atoms with Gasteiger partial charge in [0.1, 0.15) is 0 Å². The molecule has 0 aliphatic rings. The first-order chi connectivity index (χ1) is 10.6. The molecule has 3 aromatic rings. The molecule has 1 aromatic heterocycles. The Hall–Kier alpha value is -2.15. The van der Waals surface area contributed by atoms with E-state index in [1.165, 1.54) is 7.11 Å². The molecule has 0 N–H and O–H groups in total. The molecule has 3 rings (SSSR count). The van der Waals surface area contributed by atoms with Crippen molar-refractivity contribution in [3.8, 4) is 11.3 Å². The molecule has 0 spiro atoms. The van der Waals surface area contributed by atoms with Gasteiger partial charge in [-0.25, -0.2) is 9.59 Å². The van der Waals surface area contributed by atoms with Crippen molar-refractivity contribution in [1.29, 1.82) is 0 Å². The van der Waals surface area contributed by atoms with E-state index in [2.05, 4.69) is 22.6 Å². The first-order valence-corrected chi connectivity index (χ1v) is 7.60. The van der Waals surface area contributed by atoms with Crippen LogP contribution in [0.1, 0.15) is 10.4 Å². The zero-order valence-electron chi connectivity index (χ0n) is 11.6. The second-order valence-electron chi connectivity index (χ2n) is 4.65. The Kier molecular flexibility index (Phi) is 3.98. The van der Waals surface area contributed by atoms with Crippen LogP contribution in [0.25, 0.3) is 22.1 Å². The Morgan fingerprint density at radius 2 is 1.82 bits per heavy atom. The summed E-state index contributed by atoms with van der Waals surface area (Å²) in [5, 5.41) is 1.12. The van der Waals surface area contributed by atoms with Crippen molar-refractivity contribution in [2.75, 3.05) is 7.11 Å². The summed E-state index contributed by atoms with van der Waals surface area (Å²) in [5.41, 5.74) is 0.789. The standard InChI is InChI=1S/C17H11IO4/c1-21-16(19)11-7-8-12-13(9-11)14(18)15(22-17(12)20)10-5-3-2-4-6-10/h2-9H,1H3. The van der Waals surface area contributed by atoms with E-state index in [0.29, 0.717) is 22.1 Å². The summed E-state index contributed by atoms with van der Waals surface area (Å²) in [7, 11) is 1.33. The number of halogens is 1. The lowest BCUT2D eigenvalue weighted by Crippen LogP contribution is -2.06. The van der Waals surface area contributed by atoms with Crippen LogP contribution in [-0.4, -0.2) is 13.1 Å². The van der Waals surface area contributed by atoms with Crippen LogP contribution < -0.4 is 5.63 Å². The van der Waals surface area contributed by atoms with E-state index in [0.717, 1.165) is 9.13 Å². The van der Waals surface area contributed by atoms with Gasteiger partial charge in [0.2, 0.25) is 0 Å². The van der Waals surface area contributed by atoms with Crippen molar-refractivity contribution in [3.05, 3.63) is 68.1 Å². The van der Waals surface area contributed by atoms with Gasteiger partial charge in [0.25, 0.3) is 0 Å². The van der Waals surface area contributed by atoms with Crippen LogP contribution >= 0.6 is 22.6 Å². The third-order valence-corrected chi connectivity index (χ3v) is 4.40. The minimum Gasteiger partial charge on any atom is -0.465 e. The Bertz CT molecular complexity index is 913. The van der Waals surface area contributed by atoms with Gasteiger partial charge in [-0.3, -0.25) is 0 Å². The Balaban J connectivity index is 2.31. The highest BCUT2D eigenvalue weighted by atomic mass is 127. The number of carbonyl (C=O) groups excluding carboxylic acids is 1. The molecule has 0 aliphatic heterocycles. The Morgan fingerprint density at radius 3 is 2.50 bits per heavy atom. The number of hydrogen-bond acceptors (Lipinski definition) is 4. The highest BCUT2D eigenvalue weighted by Gasteiger charge is 2.15. The Labute approximate surface area is 139 Å². The molecular weight excluding hydrogens is 395 g/mol. The lowest BCUT2D eigenvalue weighted by molar-refractivity contribution is 0.0601. The molecule has 0 aliphatic carbocycles. The normalized spacial score (nSPS) is 10.6. The molecular formula is C17H11IO4. The molecule has 1 heterocycles. The average Bonchev–Trinajstić information content (AvgIpc) is 2.57. The van der Waals surface area contributed by atoms with E-state index in [4.69, 9.17) is 9.15 Å². The highest BCUT2D eigenvalue weighted by molar-refractivity contribution is 14.1. The molecule has 0 saturated carbocycles. The molecule has 5 heteroatoms. The number of esters is 1. The SMILES string of the molecule is COC(=O)c1ccc2c(=O)oc(-c3ccccc3)c(I)c2c1. The van der Waals surface area contributed by atoms with Gasteiger partial charge >= 0.3 is 11.6 Å². The third kappa shape index (κ3) is 2.52. The quantitative estimate of drug-likeness (QED) is 0.479. The van der Waals surface area contributed by atoms with Crippen molar-refractivity contribution in [2.24, 2.45) is 0 Å². The predicted octanol–water partition coefficient (Wildman–Crippen LogP) is 3.85. The van der Waals surface area contributed by atoms with E-state index in [1.807, 2.05) is 30.3 Å². The Morgan fingerprint density at radius 1 is 1.09 bits per heavy atom. The first-order valence-electron chi connectivity index (χ1n) is 6.52. The van der Waals surface area contributed by atoms with Crippen molar-refractivity contribution >= 4 is 39.3 Å². The van der Waals surface area contributed by atoms with Crippen LogP contribution in [0.3, 0.4) is 0 Å². The largest absolute Gasteiger partial charge is 0.465 e. The van der Waals surface area contributed by atoms with Gasteiger partial charge in [0, 0.05) is 10.9 Å². The van der Waals surface area contributed by atoms with Gasteiger partial charge in [-0.1, -0.05) is 30.3 Å². The molecule has 0 atom stereocenters. The average molecular weight is 406 g/mol. The molecule has 0 radical (unpaired) electrons. The second-order valence-corrected chi connectivity index (χ2v) is 5.73. The summed E-state index contributed by atoms with van der Waals surface area (Å²) >= 11 is 2.13. The third-order valence-electron chi connectivity index (χ3n) is 3.33. The fourth-order valence-electron chi connectivity index (χ4n) is 2.24. The van der Waals surface area contributed by atoms with Crippen LogP contribution in [-0.2, 0) is 4.74 Å². The van der Waals surface area contributed by atoms with Crippen LogP contribution in [0.15, 0.2) is 57.7 Å². The first kappa shape index (κ1) is 14.8. The van der Waals surface area contributed by atoms with E-state index in [1.54, 1.807) is 18.2 Å². The van der Waals surface area contributed by atoms with E-state index in [-0.39, 0.29) is 0 Å². The maximum Gasteiger partial charge on any atom is 0.344 e. The molecule has 0 amide bonds. The van der Waals surface area contributed by atoms with E-state index in [9.17, 15) is 9.59 Å². The van der Waals surface area contributed by atoms with Crippen LogP contribution in [0, 0.1) is 3.57 Å². The summed E-state index contributed by atoms with van der Waals surface area (Å²) in [6, 6.07) is 14.2. The number of methoxy groups -OCH3 is 1. The van der Waals surface area contributed by atoms with Crippen LogP contribution in [0.2, 0.25) is 0 Å². The monoisotopic (exact) mass is 406 g/mol. The van der Waals surface area contributed by atoms with Crippen LogP contribution in [0.4, 0.5) is 0 Å². The van der Waals surface area contributed by atoms with Crippen molar-refractivity contribution in [1.82, 2.24) is 0 Å². The van der Waals surface area contributed by atoms with Gasteiger partial charge in [-0.05, 0) is 40.8 Å². The second kappa shape index (κ2) is 5.92. The maximum atomic E-state index is 12.2. The molecule has 2 aromatic carbocycles. The fraction of sp³-hybridized carbons (Fsp3) is 0.0588. The number of fused-ring (bicyclic) bond motifs is 1. The van der Waals surface area contributed by atoms with Gasteiger partial charge in [-0.15, -0.1) is 0 Å². The number of carbonyl (C=O) groups is 1. The lowest BCUT2D eigenvalue weighted by atomic mass is 10.1. The highest BCUT2D eigenvalue weighted by Crippen LogP contribution is 2.30. The minimum atomic E-state index is -0.438. The zero-order valence-corrected chi connectivity index (χ0v) is 13.8. The van der Waals surface area contributed by atoms with Gasteiger partial charge < -0.3 is 9.15 Å². The fourth-order valence-corrected chi connectivity index (χ4v) is 3.11. The number of hydrogen-bond donors (Lipinski definition) is 0. The molecule has 22 heavy (non-hydrogen) atoms. The van der Waals surface area contributed by atoms with Gasteiger partial charge in [0.05, 0.1) is 21.6 Å². The molecule has 0 bridgehead atoms. The topological polar surface area (TPSA) is 56.5 Å². The molecule has 110 valence electrons. The van der Waals surface area contributed by atoms with E-state index < -0.39 is 11.6 Å². The number of rotatable bonds is 2. The summed E-state index contributed by atoms with van der Waals surface area (Å²) in [5.74, 6) is 0.0629. The summed E-state index contributed by atoms with van der Waals surface area (Å²) in [6.45, 7) is 0. The predicted molar refractivity (Wildman–Crippen MR) is 92.0 cm³/mol. The van der Waals surface area contributed by atoms with Crippen molar-refractivity contribution in [3.63, 3.8) is 0 Å². The van der Waals surface area contributed by atoms with Gasteiger partial charge in [-0.2, -0.15) is 0 Å². The summed E-state index contributed by atoms with van der Waals surface area (Å²) in [4.78, 5) is 23.9. The number of ether oxygens (including phenoxy) is 1.